The molecular formula is C19H17N3O5S. The number of amides is 1. The summed E-state index contributed by atoms with van der Waals surface area (Å²) in [6.45, 7) is 0.163. The summed E-state index contributed by atoms with van der Waals surface area (Å²) in [5.41, 5.74) is 1.46. The Morgan fingerprint density at radius 3 is 2.71 bits per heavy atom. The molecule has 1 aliphatic rings. The number of anilines is 1. The summed E-state index contributed by atoms with van der Waals surface area (Å²) >= 11 is 1.32. The third kappa shape index (κ3) is 3.70. The molecule has 0 spiro atoms. The standard InChI is InChI=1S/C19H17N3O5S/c1-24-13-5-3-11(7-15(13)25-2)8-17-21-22-19(28-17)20-18(23)12-4-6-14-16(9-12)27-10-26-14/h3-7,9H,8,10H2,1-2H3,(H,20,22,23). The van der Waals surface area contributed by atoms with E-state index in [1.807, 2.05) is 18.2 Å². The van der Waals surface area contributed by atoms with Crippen LogP contribution in [0.3, 0.4) is 0 Å². The lowest BCUT2D eigenvalue weighted by Gasteiger charge is -2.08. The Bertz CT molecular complexity index is 1020. The number of methoxy groups -OCH3 is 2. The number of fused-ring (bicyclic) bond motifs is 1. The maximum absolute atomic E-state index is 12.4. The number of nitrogens with one attached hydrogen (secondary N) is 1. The monoisotopic (exact) mass is 399 g/mol. The first-order valence-corrected chi connectivity index (χ1v) is 9.22. The van der Waals surface area contributed by atoms with Crippen LogP contribution in [-0.2, 0) is 6.42 Å². The molecule has 0 atom stereocenters. The SMILES string of the molecule is COc1ccc(Cc2nnc(NC(=O)c3ccc4c(c3)OCO4)s2)cc1OC. The van der Waals surface area contributed by atoms with Crippen LogP contribution in [0.5, 0.6) is 23.0 Å². The number of aromatic nitrogens is 2. The lowest BCUT2D eigenvalue weighted by Crippen LogP contribution is -2.11. The molecule has 0 saturated heterocycles. The van der Waals surface area contributed by atoms with Crippen LogP contribution in [0.1, 0.15) is 20.9 Å². The molecule has 0 unspecified atom stereocenters. The summed E-state index contributed by atoms with van der Waals surface area (Å²) < 4.78 is 21.1. The first-order chi connectivity index (χ1) is 13.7. The molecule has 2 aromatic carbocycles. The normalized spacial score (nSPS) is 11.9. The largest absolute Gasteiger partial charge is 0.493 e. The van der Waals surface area contributed by atoms with Crippen molar-refractivity contribution < 1.29 is 23.7 Å². The molecule has 1 aliphatic heterocycles. The van der Waals surface area contributed by atoms with Crippen molar-refractivity contribution in [3.63, 3.8) is 0 Å². The van der Waals surface area contributed by atoms with E-state index in [0.29, 0.717) is 40.1 Å². The molecule has 0 radical (unpaired) electrons. The molecule has 0 fully saturated rings. The molecule has 0 aliphatic carbocycles. The fraction of sp³-hybridized carbons (Fsp3) is 0.211. The smallest absolute Gasteiger partial charge is 0.257 e. The van der Waals surface area contributed by atoms with E-state index in [9.17, 15) is 4.79 Å². The van der Waals surface area contributed by atoms with Gasteiger partial charge in [-0.1, -0.05) is 17.4 Å². The van der Waals surface area contributed by atoms with Gasteiger partial charge in [0.05, 0.1) is 14.2 Å². The summed E-state index contributed by atoms with van der Waals surface area (Å²) in [6.07, 6.45) is 0.567. The first-order valence-electron chi connectivity index (χ1n) is 8.40. The molecule has 0 bridgehead atoms. The van der Waals surface area contributed by atoms with Crippen molar-refractivity contribution in [2.45, 2.75) is 6.42 Å². The van der Waals surface area contributed by atoms with Gasteiger partial charge in [-0.05, 0) is 35.9 Å². The van der Waals surface area contributed by atoms with Crippen LogP contribution in [0.25, 0.3) is 0 Å². The van der Waals surface area contributed by atoms with E-state index in [1.165, 1.54) is 11.3 Å². The number of hydrogen-bond acceptors (Lipinski definition) is 8. The van der Waals surface area contributed by atoms with E-state index in [1.54, 1.807) is 32.4 Å². The van der Waals surface area contributed by atoms with Gasteiger partial charge in [0.15, 0.2) is 23.0 Å². The Balaban J connectivity index is 1.44. The van der Waals surface area contributed by atoms with Crippen LogP contribution < -0.4 is 24.3 Å². The predicted octanol–water partition coefficient (Wildman–Crippen LogP) is 3.13. The fourth-order valence-corrected chi connectivity index (χ4v) is 3.52. The second-order valence-electron chi connectivity index (χ2n) is 5.89. The van der Waals surface area contributed by atoms with E-state index in [0.717, 1.165) is 10.6 Å². The van der Waals surface area contributed by atoms with Crippen molar-refractivity contribution in [1.82, 2.24) is 10.2 Å². The summed E-state index contributed by atoms with van der Waals surface area (Å²) in [7, 11) is 3.19. The second kappa shape index (κ2) is 7.73. The van der Waals surface area contributed by atoms with Crippen molar-refractivity contribution >= 4 is 22.4 Å². The highest BCUT2D eigenvalue weighted by Gasteiger charge is 2.17. The molecule has 28 heavy (non-hydrogen) atoms. The zero-order valence-electron chi connectivity index (χ0n) is 15.2. The lowest BCUT2D eigenvalue weighted by atomic mass is 10.1. The van der Waals surface area contributed by atoms with E-state index in [-0.39, 0.29) is 12.7 Å². The number of carbonyl (C=O) groups excluding carboxylic acids is 1. The maximum Gasteiger partial charge on any atom is 0.257 e. The number of ether oxygens (including phenoxy) is 4. The fourth-order valence-electron chi connectivity index (χ4n) is 2.75. The topological polar surface area (TPSA) is 91.8 Å². The zero-order valence-corrected chi connectivity index (χ0v) is 16.0. The average molecular weight is 399 g/mol. The van der Waals surface area contributed by atoms with Crippen LogP contribution >= 0.6 is 11.3 Å². The summed E-state index contributed by atoms with van der Waals surface area (Å²) in [4.78, 5) is 12.4. The molecular weight excluding hydrogens is 382 g/mol. The average Bonchev–Trinajstić information content (AvgIpc) is 3.36. The summed E-state index contributed by atoms with van der Waals surface area (Å²) in [5.74, 6) is 2.22. The molecule has 2 heterocycles. The van der Waals surface area contributed by atoms with Crippen LogP contribution in [0.2, 0.25) is 0 Å². The minimum absolute atomic E-state index is 0.163. The third-order valence-corrected chi connectivity index (χ3v) is 4.96. The molecule has 0 saturated carbocycles. The third-order valence-electron chi connectivity index (χ3n) is 4.13. The van der Waals surface area contributed by atoms with Gasteiger partial charge in [-0.2, -0.15) is 0 Å². The van der Waals surface area contributed by atoms with Gasteiger partial charge in [-0.3, -0.25) is 10.1 Å². The Hall–Kier alpha value is -3.33. The van der Waals surface area contributed by atoms with Gasteiger partial charge >= 0.3 is 0 Å². The number of benzene rings is 2. The van der Waals surface area contributed by atoms with Crippen molar-refractivity contribution in [2.24, 2.45) is 0 Å². The number of nitrogens with zero attached hydrogens (tertiary/aromatic N) is 2. The molecule has 1 aromatic heterocycles. The van der Waals surface area contributed by atoms with Crippen molar-refractivity contribution in [2.75, 3.05) is 26.3 Å². The number of hydrogen-bond donors (Lipinski definition) is 1. The highest BCUT2D eigenvalue weighted by molar-refractivity contribution is 7.15. The molecule has 8 nitrogen and oxygen atoms in total. The van der Waals surface area contributed by atoms with E-state index in [2.05, 4.69) is 15.5 Å². The van der Waals surface area contributed by atoms with Crippen molar-refractivity contribution in [3.8, 4) is 23.0 Å². The Morgan fingerprint density at radius 1 is 1.07 bits per heavy atom. The van der Waals surface area contributed by atoms with E-state index >= 15 is 0 Å². The highest BCUT2D eigenvalue weighted by Crippen LogP contribution is 2.33. The molecule has 9 heteroatoms. The van der Waals surface area contributed by atoms with Crippen LogP contribution in [0.4, 0.5) is 5.13 Å². The lowest BCUT2D eigenvalue weighted by molar-refractivity contribution is 0.102. The minimum Gasteiger partial charge on any atom is -0.493 e. The Labute approximate surface area is 165 Å². The van der Waals surface area contributed by atoms with Gasteiger partial charge in [0.1, 0.15) is 5.01 Å². The maximum atomic E-state index is 12.4. The molecule has 3 aromatic rings. The molecule has 4 rings (SSSR count). The van der Waals surface area contributed by atoms with Gasteiger partial charge < -0.3 is 18.9 Å². The van der Waals surface area contributed by atoms with Crippen molar-refractivity contribution in [1.29, 1.82) is 0 Å². The second-order valence-corrected chi connectivity index (χ2v) is 6.95. The molecule has 1 N–H and O–H groups in total. The van der Waals surface area contributed by atoms with Crippen LogP contribution in [0.15, 0.2) is 36.4 Å². The highest BCUT2D eigenvalue weighted by atomic mass is 32.1. The Kier molecular flexibility index (Phi) is 4.98. The summed E-state index contributed by atoms with van der Waals surface area (Å²) in [6, 6.07) is 10.7. The zero-order chi connectivity index (χ0) is 19.5. The van der Waals surface area contributed by atoms with Crippen molar-refractivity contribution in [3.05, 3.63) is 52.5 Å². The van der Waals surface area contributed by atoms with Gasteiger partial charge in [-0.25, -0.2) is 0 Å². The van der Waals surface area contributed by atoms with Gasteiger partial charge in [0.25, 0.3) is 5.91 Å². The molecule has 144 valence electrons. The van der Waals surface area contributed by atoms with Crippen LogP contribution in [0, 0.1) is 0 Å². The molecule has 1 amide bonds. The van der Waals surface area contributed by atoms with Gasteiger partial charge in [0.2, 0.25) is 11.9 Å². The van der Waals surface area contributed by atoms with E-state index in [4.69, 9.17) is 18.9 Å². The van der Waals surface area contributed by atoms with E-state index < -0.39 is 0 Å². The predicted molar refractivity (Wildman–Crippen MR) is 103 cm³/mol. The minimum atomic E-state index is -0.285. The van der Waals surface area contributed by atoms with Gasteiger partial charge in [-0.15, -0.1) is 10.2 Å². The van der Waals surface area contributed by atoms with Gasteiger partial charge in [0, 0.05) is 12.0 Å². The number of rotatable bonds is 6. The number of carbonyl (C=O) groups is 1. The first kappa shape index (κ1) is 18.1. The Morgan fingerprint density at radius 2 is 1.89 bits per heavy atom. The summed E-state index contributed by atoms with van der Waals surface area (Å²) in [5, 5.41) is 12.2. The quantitative estimate of drug-likeness (QED) is 0.681. The van der Waals surface area contributed by atoms with Crippen LogP contribution in [-0.4, -0.2) is 37.1 Å².